The van der Waals surface area contributed by atoms with Crippen molar-refractivity contribution in [2.75, 3.05) is 20.2 Å². The van der Waals surface area contributed by atoms with Crippen LogP contribution in [0, 0.1) is 0 Å². The van der Waals surface area contributed by atoms with Crippen LogP contribution < -0.4 is 10.1 Å². The summed E-state index contributed by atoms with van der Waals surface area (Å²) in [6.07, 6.45) is 3.94. The quantitative estimate of drug-likeness (QED) is 0.745. The highest BCUT2D eigenvalue weighted by Crippen LogP contribution is 2.27. The molecule has 2 aromatic rings. The first-order valence-corrected chi connectivity index (χ1v) is 10.4. The Labute approximate surface area is 159 Å². The van der Waals surface area contributed by atoms with Crippen molar-refractivity contribution in [3.05, 3.63) is 47.9 Å². The van der Waals surface area contributed by atoms with E-state index in [4.69, 9.17) is 9.15 Å². The molecule has 0 atom stereocenters. The molecule has 3 rings (SSSR count). The van der Waals surface area contributed by atoms with Crippen LogP contribution in [0.3, 0.4) is 0 Å². The van der Waals surface area contributed by atoms with Gasteiger partial charge in [0.2, 0.25) is 15.9 Å². The standard InChI is InChI=1S/C19H24N2O5S/c1-25-18-8-7-17(27(23,24)21-10-2-3-11-21)13-15(18)6-9-19(22)20-14-16-5-4-12-26-16/h4-5,7-8,12-13H,2-3,6,9-11,14H2,1H3,(H,20,22). The van der Waals surface area contributed by atoms with Crippen LogP contribution in [0.5, 0.6) is 5.75 Å². The van der Waals surface area contributed by atoms with E-state index < -0.39 is 10.0 Å². The molecule has 1 saturated heterocycles. The van der Waals surface area contributed by atoms with Gasteiger partial charge in [0.05, 0.1) is 24.8 Å². The number of sulfonamides is 1. The van der Waals surface area contributed by atoms with E-state index in [0.29, 0.717) is 43.1 Å². The fourth-order valence-electron chi connectivity index (χ4n) is 3.12. The second kappa shape index (κ2) is 8.58. The number of aryl methyl sites for hydroxylation is 1. The van der Waals surface area contributed by atoms with Crippen LogP contribution in [0.2, 0.25) is 0 Å². The number of hydrogen-bond donors (Lipinski definition) is 1. The first-order chi connectivity index (χ1) is 13.0. The lowest BCUT2D eigenvalue weighted by molar-refractivity contribution is -0.121. The maximum Gasteiger partial charge on any atom is 0.243 e. The number of furan rings is 1. The number of rotatable bonds is 8. The molecular weight excluding hydrogens is 368 g/mol. The Morgan fingerprint density at radius 1 is 1.26 bits per heavy atom. The van der Waals surface area contributed by atoms with E-state index in [0.717, 1.165) is 12.8 Å². The molecule has 1 fully saturated rings. The van der Waals surface area contributed by atoms with Gasteiger partial charge in [-0.2, -0.15) is 4.31 Å². The highest BCUT2D eigenvalue weighted by Gasteiger charge is 2.27. The van der Waals surface area contributed by atoms with Gasteiger partial charge in [0.15, 0.2) is 0 Å². The van der Waals surface area contributed by atoms with Crippen LogP contribution in [-0.2, 0) is 27.8 Å². The molecule has 0 aliphatic carbocycles. The molecule has 1 aliphatic rings. The van der Waals surface area contributed by atoms with Crippen molar-refractivity contribution in [2.24, 2.45) is 0 Å². The number of methoxy groups -OCH3 is 1. The molecule has 1 N–H and O–H groups in total. The Morgan fingerprint density at radius 3 is 2.70 bits per heavy atom. The van der Waals surface area contributed by atoms with Gasteiger partial charge in [0.1, 0.15) is 11.5 Å². The van der Waals surface area contributed by atoms with E-state index in [2.05, 4.69) is 5.32 Å². The molecule has 0 spiro atoms. The molecule has 2 heterocycles. The molecule has 0 radical (unpaired) electrons. The minimum absolute atomic E-state index is 0.138. The second-order valence-electron chi connectivity index (χ2n) is 6.44. The number of ether oxygens (including phenoxy) is 1. The molecule has 1 aromatic carbocycles. The van der Waals surface area contributed by atoms with E-state index >= 15 is 0 Å². The maximum absolute atomic E-state index is 12.8. The van der Waals surface area contributed by atoms with Gasteiger partial charge in [-0.3, -0.25) is 4.79 Å². The lowest BCUT2D eigenvalue weighted by Crippen LogP contribution is -2.28. The summed E-state index contributed by atoms with van der Waals surface area (Å²) in [5.74, 6) is 1.12. The van der Waals surface area contributed by atoms with Gasteiger partial charge in [0, 0.05) is 19.5 Å². The van der Waals surface area contributed by atoms with Crippen LogP contribution >= 0.6 is 0 Å². The topological polar surface area (TPSA) is 88.9 Å². The second-order valence-corrected chi connectivity index (χ2v) is 8.38. The summed E-state index contributed by atoms with van der Waals surface area (Å²) in [5, 5.41) is 2.78. The first kappa shape index (κ1) is 19.4. The number of nitrogens with zero attached hydrogens (tertiary/aromatic N) is 1. The average Bonchev–Trinajstić information content (AvgIpc) is 3.38. The molecule has 7 nitrogen and oxygen atoms in total. The number of carbonyl (C=O) groups excluding carboxylic acids is 1. The molecule has 8 heteroatoms. The average molecular weight is 392 g/mol. The predicted octanol–water partition coefficient (Wildman–Crippen LogP) is 2.32. The van der Waals surface area contributed by atoms with Gasteiger partial charge in [-0.05, 0) is 55.2 Å². The number of amides is 1. The lowest BCUT2D eigenvalue weighted by atomic mass is 10.1. The summed E-state index contributed by atoms with van der Waals surface area (Å²) in [4.78, 5) is 12.3. The number of hydrogen-bond acceptors (Lipinski definition) is 5. The van der Waals surface area contributed by atoms with E-state index in [9.17, 15) is 13.2 Å². The number of carbonyl (C=O) groups is 1. The fraction of sp³-hybridized carbons (Fsp3) is 0.421. The normalized spacial score (nSPS) is 15.0. The van der Waals surface area contributed by atoms with E-state index in [-0.39, 0.29) is 17.2 Å². The molecule has 146 valence electrons. The fourth-order valence-corrected chi connectivity index (χ4v) is 4.69. The molecule has 0 unspecified atom stereocenters. The Kier molecular flexibility index (Phi) is 6.18. The van der Waals surface area contributed by atoms with Crippen LogP contribution in [0.4, 0.5) is 0 Å². The van der Waals surface area contributed by atoms with Crippen molar-refractivity contribution >= 4 is 15.9 Å². The predicted molar refractivity (Wildman–Crippen MR) is 99.9 cm³/mol. The number of benzene rings is 1. The summed E-state index contributed by atoms with van der Waals surface area (Å²) in [6, 6.07) is 8.38. The molecular formula is C19H24N2O5S. The monoisotopic (exact) mass is 392 g/mol. The molecule has 0 saturated carbocycles. The highest BCUT2D eigenvalue weighted by molar-refractivity contribution is 7.89. The smallest absolute Gasteiger partial charge is 0.243 e. The van der Waals surface area contributed by atoms with Crippen molar-refractivity contribution < 1.29 is 22.4 Å². The zero-order valence-electron chi connectivity index (χ0n) is 15.3. The Bertz CT molecular complexity index is 872. The van der Waals surface area contributed by atoms with Gasteiger partial charge in [0.25, 0.3) is 0 Å². The third-order valence-electron chi connectivity index (χ3n) is 4.62. The SMILES string of the molecule is COc1ccc(S(=O)(=O)N2CCCC2)cc1CCC(=O)NCc1ccco1. The summed E-state index contributed by atoms with van der Waals surface area (Å²) >= 11 is 0. The lowest BCUT2D eigenvalue weighted by Gasteiger charge is -2.17. The molecule has 1 amide bonds. The third-order valence-corrected chi connectivity index (χ3v) is 6.51. The Hall–Kier alpha value is -2.32. The molecule has 27 heavy (non-hydrogen) atoms. The summed E-state index contributed by atoms with van der Waals surface area (Å²) < 4.78 is 37.5. The zero-order chi connectivity index (χ0) is 19.3. The highest BCUT2D eigenvalue weighted by atomic mass is 32.2. The largest absolute Gasteiger partial charge is 0.496 e. The molecule has 0 bridgehead atoms. The molecule has 1 aliphatic heterocycles. The van der Waals surface area contributed by atoms with Crippen molar-refractivity contribution in [1.29, 1.82) is 0 Å². The maximum atomic E-state index is 12.8. The van der Waals surface area contributed by atoms with Crippen LogP contribution in [0.15, 0.2) is 45.9 Å². The van der Waals surface area contributed by atoms with Crippen LogP contribution in [0.1, 0.15) is 30.6 Å². The zero-order valence-corrected chi connectivity index (χ0v) is 16.1. The van der Waals surface area contributed by atoms with Gasteiger partial charge < -0.3 is 14.5 Å². The van der Waals surface area contributed by atoms with Crippen molar-refractivity contribution in [3.63, 3.8) is 0 Å². The third kappa shape index (κ3) is 4.70. The Morgan fingerprint density at radius 2 is 2.04 bits per heavy atom. The minimum atomic E-state index is -3.50. The summed E-state index contributed by atoms with van der Waals surface area (Å²) in [6.45, 7) is 1.43. The van der Waals surface area contributed by atoms with E-state index in [1.165, 1.54) is 11.4 Å². The van der Waals surface area contributed by atoms with Crippen molar-refractivity contribution in [2.45, 2.75) is 37.1 Å². The molecule has 1 aromatic heterocycles. The summed E-state index contributed by atoms with van der Waals surface area (Å²) in [5.41, 5.74) is 0.700. The summed E-state index contributed by atoms with van der Waals surface area (Å²) in [7, 11) is -1.97. The van der Waals surface area contributed by atoms with E-state index in [1.54, 1.807) is 36.6 Å². The van der Waals surface area contributed by atoms with Crippen LogP contribution in [0.25, 0.3) is 0 Å². The van der Waals surface area contributed by atoms with Gasteiger partial charge in [-0.15, -0.1) is 0 Å². The minimum Gasteiger partial charge on any atom is -0.496 e. The van der Waals surface area contributed by atoms with Crippen LogP contribution in [-0.4, -0.2) is 38.8 Å². The van der Waals surface area contributed by atoms with Crippen molar-refractivity contribution in [1.82, 2.24) is 9.62 Å². The van der Waals surface area contributed by atoms with E-state index in [1.807, 2.05) is 0 Å². The van der Waals surface area contributed by atoms with Crippen molar-refractivity contribution in [3.8, 4) is 5.75 Å². The van der Waals surface area contributed by atoms with Gasteiger partial charge in [-0.1, -0.05) is 0 Å². The first-order valence-electron chi connectivity index (χ1n) is 8.97. The van der Waals surface area contributed by atoms with Gasteiger partial charge >= 0.3 is 0 Å². The van der Waals surface area contributed by atoms with Gasteiger partial charge in [-0.25, -0.2) is 8.42 Å². The Balaban J connectivity index is 1.67. The number of nitrogens with one attached hydrogen (secondary N) is 1.